The van der Waals surface area contributed by atoms with Crippen LogP contribution in [0.15, 0.2) is 35.1 Å². The highest BCUT2D eigenvalue weighted by molar-refractivity contribution is 9.10. The minimum Gasteiger partial charge on any atom is -0.379 e. The fourth-order valence-corrected chi connectivity index (χ4v) is 1.96. The van der Waals surface area contributed by atoms with Crippen molar-refractivity contribution in [2.45, 2.75) is 6.54 Å². The van der Waals surface area contributed by atoms with Crippen molar-refractivity contribution in [3.05, 3.63) is 62.4 Å². The molecule has 20 heavy (non-hydrogen) atoms. The third-order valence-electron chi connectivity index (χ3n) is 2.54. The van der Waals surface area contributed by atoms with Gasteiger partial charge < -0.3 is 5.32 Å². The number of nitrogens with zero attached hydrogens (tertiary/aromatic N) is 2. The van der Waals surface area contributed by atoms with Crippen LogP contribution in [0.25, 0.3) is 0 Å². The third kappa shape index (κ3) is 3.08. The van der Waals surface area contributed by atoms with Crippen LogP contribution in [0.1, 0.15) is 5.56 Å². The number of nitro groups is 1. The van der Waals surface area contributed by atoms with Gasteiger partial charge in [0.1, 0.15) is 10.4 Å². The van der Waals surface area contributed by atoms with Crippen LogP contribution < -0.4 is 5.32 Å². The minimum atomic E-state index is -1.20. The van der Waals surface area contributed by atoms with Crippen molar-refractivity contribution < 1.29 is 13.7 Å². The fraction of sp³-hybridized carbons (Fsp3) is 0.0833. The lowest BCUT2D eigenvalue weighted by molar-refractivity contribution is -0.387. The van der Waals surface area contributed by atoms with Crippen LogP contribution in [0.4, 0.5) is 20.2 Å². The molecule has 0 aliphatic carbocycles. The van der Waals surface area contributed by atoms with Crippen LogP contribution in [-0.2, 0) is 6.54 Å². The van der Waals surface area contributed by atoms with Crippen molar-refractivity contribution in [3.8, 4) is 0 Å². The largest absolute Gasteiger partial charge is 0.379 e. The summed E-state index contributed by atoms with van der Waals surface area (Å²) in [6, 6.07) is 4.76. The van der Waals surface area contributed by atoms with E-state index in [-0.39, 0.29) is 12.1 Å². The standard InChI is InChI=1S/C12H8BrF2N3O2/c13-12-10(2-1-3-16-12)17-6-7-4-11(18(19)20)9(15)5-8(7)14/h1-5,17H,6H2. The monoisotopic (exact) mass is 343 g/mol. The summed E-state index contributed by atoms with van der Waals surface area (Å²) in [6.45, 7) is -0.0305. The van der Waals surface area contributed by atoms with Crippen molar-refractivity contribution in [2.24, 2.45) is 0 Å². The molecule has 0 saturated carbocycles. The van der Waals surface area contributed by atoms with Crippen molar-refractivity contribution in [1.29, 1.82) is 0 Å². The first-order valence-electron chi connectivity index (χ1n) is 5.45. The summed E-state index contributed by atoms with van der Waals surface area (Å²) >= 11 is 3.20. The van der Waals surface area contributed by atoms with Crippen LogP contribution in [0, 0.1) is 21.7 Å². The minimum absolute atomic E-state index is 0.00569. The Labute approximate surface area is 120 Å². The van der Waals surface area contributed by atoms with Crippen molar-refractivity contribution >= 4 is 27.3 Å². The smallest absolute Gasteiger partial charge is 0.305 e. The second kappa shape index (κ2) is 5.91. The van der Waals surface area contributed by atoms with E-state index in [0.717, 1.165) is 6.07 Å². The molecule has 5 nitrogen and oxygen atoms in total. The molecule has 0 unspecified atom stereocenters. The number of rotatable bonds is 4. The molecule has 2 rings (SSSR count). The molecule has 2 aromatic rings. The average Bonchev–Trinajstić information content (AvgIpc) is 2.39. The highest BCUT2D eigenvalue weighted by Crippen LogP contribution is 2.24. The molecule has 0 saturated heterocycles. The number of hydrogen-bond donors (Lipinski definition) is 1. The maximum absolute atomic E-state index is 13.6. The fourth-order valence-electron chi connectivity index (χ4n) is 1.56. The molecule has 0 aliphatic heterocycles. The molecule has 0 radical (unpaired) electrons. The van der Waals surface area contributed by atoms with E-state index in [1.54, 1.807) is 18.3 Å². The van der Waals surface area contributed by atoms with Gasteiger partial charge in [-0.1, -0.05) is 0 Å². The number of hydrogen-bond acceptors (Lipinski definition) is 4. The van der Waals surface area contributed by atoms with Crippen molar-refractivity contribution in [2.75, 3.05) is 5.32 Å². The van der Waals surface area contributed by atoms with Crippen LogP contribution >= 0.6 is 15.9 Å². The molecular formula is C12H8BrF2N3O2. The third-order valence-corrected chi connectivity index (χ3v) is 3.17. The SMILES string of the molecule is O=[N+]([O-])c1cc(CNc2cccnc2Br)c(F)cc1F. The van der Waals surface area contributed by atoms with Gasteiger partial charge in [0.05, 0.1) is 10.6 Å². The van der Waals surface area contributed by atoms with Crippen LogP contribution in [0.3, 0.4) is 0 Å². The molecule has 1 aromatic carbocycles. The lowest BCUT2D eigenvalue weighted by Gasteiger charge is -2.08. The molecule has 0 fully saturated rings. The van der Waals surface area contributed by atoms with E-state index in [4.69, 9.17) is 0 Å². The van der Waals surface area contributed by atoms with Gasteiger partial charge in [-0.05, 0) is 28.1 Å². The van der Waals surface area contributed by atoms with Crippen LogP contribution in [0.5, 0.6) is 0 Å². The van der Waals surface area contributed by atoms with Gasteiger partial charge in [0, 0.05) is 30.4 Å². The molecule has 1 heterocycles. The molecule has 0 aliphatic rings. The molecule has 0 atom stereocenters. The predicted octanol–water partition coefficient (Wildman–Crippen LogP) is 3.64. The summed E-state index contributed by atoms with van der Waals surface area (Å²) in [5.74, 6) is -2.04. The molecule has 1 aromatic heterocycles. The topological polar surface area (TPSA) is 68.1 Å². The van der Waals surface area contributed by atoms with Crippen molar-refractivity contribution in [3.63, 3.8) is 0 Å². The number of pyridine rings is 1. The Hall–Kier alpha value is -2.09. The maximum atomic E-state index is 13.6. The van der Waals surface area contributed by atoms with Crippen LogP contribution in [0.2, 0.25) is 0 Å². The maximum Gasteiger partial charge on any atom is 0.305 e. The first kappa shape index (κ1) is 14.3. The van der Waals surface area contributed by atoms with Gasteiger partial charge in [0.15, 0.2) is 0 Å². The van der Waals surface area contributed by atoms with Gasteiger partial charge in [0.25, 0.3) is 0 Å². The summed E-state index contributed by atoms with van der Waals surface area (Å²) in [7, 11) is 0. The summed E-state index contributed by atoms with van der Waals surface area (Å²) in [4.78, 5) is 13.7. The zero-order chi connectivity index (χ0) is 14.7. The number of anilines is 1. The van der Waals surface area contributed by atoms with Gasteiger partial charge in [-0.2, -0.15) is 4.39 Å². The lowest BCUT2D eigenvalue weighted by atomic mass is 10.1. The lowest BCUT2D eigenvalue weighted by Crippen LogP contribution is -2.05. The Morgan fingerprint density at radius 2 is 2.10 bits per heavy atom. The Bertz CT molecular complexity index is 667. The zero-order valence-corrected chi connectivity index (χ0v) is 11.5. The molecule has 104 valence electrons. The summed E-state index contributed by atoms with van der Waals surface area (Å²) in [5.41, 5.74) is -0.166. The number of halogens is 3. The number of aromatic nitrogens is 1. The molecule has 8 heteroatoms. The molecule has 1 N–H and O–H groups in total. The Balaban J connectivity index is 2.24. The van der Waals surface area contributed by atoms with Gasteiger partial charge in [-0.15, -0.1) is 0 Å². The van der Waals surface area contributed by atoms with E-state index in [0.29, 0.717) is 16.4 Å². The molecule has 0 bridgehead atoms. The summed E-state index contributed by atoms with van der Waals surface area (Å²) in [6.07, 6.45) is 1.57. The molecule has 0 spiro atoms. The van der Waals surface area contributed by atoms with Gasteiger partial charge >= 0.3 is 5.69 Å². The number of nitro benzene ring substituents is 1. The van der Waals surface area contributed by atoms with E-state index in [1.807, 2.05) is 0 Å². The zero-order valence-electron chi connectivity index (χ0n) is 9.94. The molecule has 0 amide bonds. The Morgan fingerprint density at radius 3 is 2.75 bits per heavy atom. The first-order chi connectivity index (χ1) is 9.49. The van der Waals surface area contributed by atoms with E-state index < -0.39 is 22.2 Å². The highest BCUT2D eigenvalue weighted by atomic mass is 79.9. The molecular weight excluding hydrogens is 336 g/mol. The Morgan fingerprint density at radius 1 is 1.35 bits per heavy atom. The number of nitrogens with one attached hydrogen (secondary N) is 1. The van der Waals surface area contributed by atoms with E-state index >= 15 is 0 Å². The Kier molecular flexibility index (Phi) is 4.23. The van der Waals surface area contributed by atoms with Gasteiger partial charge in [0.2, 0.25) is 5.82 Å². The second-order valence-electron chi connectivity index (χ2n) is 3.85. The van der Waals surface area contributed by atoms with Gasteiger partial charge in [-0.25, -0.2) is 9.37 Å². The van der Waals surface area contributed by atoms with E-state index in [1.165, 1.54) is 0 Å². The summed E-state index contributed by atoms with van der Waals surface area (Å²) < 4.78 is 27.3. The van der Waals surface area contributed by atoms with E-state index in [9.17, 15) is 18.9 Å². The highest BCUT2D eigenvalue weighted by Gasteiger charge is 2.18. The summed E-state index contributed by atoms with van der Waals surface area (Å²) in [5, 5.41) is 13.5. The van der Waals surface area contributed by atoms with Crippen LogP contribution in [-0.4, -0.2) is 9.91 Å². The second-order valence-corrected chi connectivity index (χ2v) is 4.60. The van der Waals surface area contributed by atoms with Crippen molar-refractivity contribution in [1.82, 2.24) is 4.98 Å². The quantitative estimate of drug-likeness (QED) is 0.522. The van der Waals surface area contributed by atoms with Gasteiger partial charge in [-0.3, -0.25) is 10.1 Å². The normalized spacial score (nSPS) is 10.3. The first-order valence-corrected chi connectivity index (χ1v) is 6.25. The average molecular weight is 344 g/mol. The number of benzene rings is 1. The predicted molar refractivity (Wildman–Crippen MR) is 72.3 cm³/mol. The van der Waals surface area contributed by atoms with E-state index in [2.05, 4.69) is 26.2 Å².